The number of halogens is 1. The lowest BCUT2D eigenvalue weighted by molar-refractivity contribution is -0.384. The van der Waals surface area contributed by atoms with Crippen molar-refractivity contribution in [2.45, 2.75) is 25.9 Å². The molecule has 21 heavy (non-hydrogen) atoms. The Bertz CT molecular complexity index is 559. The minimum Gasteiger partial charge on any atom is -0.471 e. The molecule has 1 fully saturated rings. The number of hydrogen-bond donors (Lipinski definition) is 1. The lowest BCUT2D eigenvalue weighted by Gasteiger charge is -2.28. The third-order valence-electron chi connectivity index (χ3n) is 3.62. The Labute approximate surface area is 129 Å². The van der Waals surface area contributed by atoms with E-state index in [2.05, 4.69) is 10.3 Å². The zero-order chi connectivity index (χ0) is 14.3. The monoisotopic (exact) mass is 314 g/mol. The first-order valence-electron chi connectivity index (χ1n) is 6.79. The Kier molecular flexibility index (Phi) is 4.25. The van der Waals surface area contributed by atoms with Crippen LogP contribution < -0.4 is 15.0 Å². The van der Waals surface area contributed by atoms with Crippen LogP contribution in [0.1, 0.15) is 19.4 Å². The zero-order valence-corrected chi connectivity index (χ0v) is 12.9. The summed E-state index contributed by atoms with van der Waals surface area (Å²) >= 11 is 0. The Morgan fingerprint density at radius 2 is 2.10 bits per heavy atom. The highest BCUT2D eigenvalue weighted by atomic mass is 35.5. The van der Waals surface area contributed by atoms with Crippen molar-refractivity contribution in [3.63, 3.8) is 0 Å². The van der Waals surface area contributed by atoms with Crippen molar-refractivity contribution >= 4 is 23.9 Å². The van der Waals surface area contributed by atoms with Gasteiger partial charge in [0.2, 0.25) is 11.7 Å². The van der Waals surface area contributed by atoms with Crippen LogP contribution in [0.4, 0.5) is 11.5 Å². The highest BCUT2D eigenvalue weighted by molar-refractivity contribution is 5.85. The van der Waals surface area contributed by atoms with E-state index in [1.165, 1.54) is 0 Å². The fourth-order valence-corrected chi connectivity index (χ4v) is 2.73. The van der Waals surface area contributed by atoms with Gasteiger partial charge in [-0.05, 0) is 13.8 Å². The topological polar surface area (TPSA) is 80.5 Å². The van der Waals surface area contributed by atoms with Gasteiger partial charge >= 0.3 is 5.69 Å². The van der Waals surface area contributed by atoms with Crippen LogP contribution in [0, 0.1) is 10.1 Å². The summed E-state index contributed by atoms with van der Waals surface area (Å²) in [6.45, 7) is 6.98. The Morgan fingerprint density at radius 3 is 2.71 bits per heavy atom. The summed E-state index contributed by atoms with van der Waals surface area (Å²) in [5.74, 6) is 0.960. The van der Waals surface area contributed by atoms with Crippen molar-refractivity contribution in [3.05, 3.63) is 21.7 Å². The standard InChI is InChI=1S/C13H18N4O3.ClH/c1-13(2)8-9-7-10(17(18)19)11(15-12(9)20-13)16-5-3-14-4-6-16;/h7,14H,3-6,8H2,1-2H3;1H. The number of aromatic nitrogens is 1. The Morgan fingerprint density at radius 1 is 1.43 bits per heavy atom. The average Bonchev–Trinajstić information content (AvgIpc) is 2.71. The van der Waals surface area contributed by atoms with E-state index in [0.717, 1.165) is 31.7 Å². The van der Waals surface area contributed by atoms with E-state index >= 15 is 0 Å². The van der Waals surface area contributed by atoms with Crippen molar-refractivity contribution < 1.29 is 9.66 Å². The van der Waals surface area contributed by atoms with Crippen LogP contribution in [0.25, 0.3) is 0 Å². The molecule has 0 bridgehead atoms. The van der Waals surface area contributed by atoms with Crippen LogP contribution in [0.15, 0.2) is 6.07 Å². The lowest BCUT2D eigenvalue weighted by atomic mass is 10.0. The van der Waals surface area contributed by atoms with Crippen molar-refractivity contribution in [3.8, 4) is 5.88 Å². The van der Waals surface area contributed by atoms with Gasteiger partial charge in [-0.15, -0.1) is 12.4 Å². The van der Waals surface area contributed by atoms with Crippen molar-refractivity contribution in [2.24, 2.45) is 0 Å². The number of hydrogen-bond acceptors (Lipinski definition) is 6. The molecule has 0 amide bonds. The fraction of sp³-hybridized carbons (Fsp3) is 0.615. The van der Waals surface area contributed by atoms with Gasteiger partial charge < -0.3 is 15.0 Å². The molecular formula is C13H19ClN4O3. The van der Waals surface area contributed by atoms with Crippen LogP contribution in [0.5, 0.6) is 5.88 Å². The molecule has 1 aromatic heterocycles. The minimum atomic E-state index is -0.351. The summed E-state index contributed by atoms with van der Waals surface area (Å²) in [4.78, 5) is 17.3. The largest absolute Gasteiger partial charge is 0.471 e. The van der Waals surface area contributed by atoms with Gasteiger partial charge in [-0.25, -0.2) is 0 Å². The van der Waals surface area contributed by atoms with Crippen molar-refractivity contribution in [2.75, 3.05) is 31.1 Å². The third kappa shape index (κ3) is 3.03. The SMILES string of the molecule is CC1(C)Cc2cc([N+](=O)[O-])c(N3CCNCC3)nc2O1.Cl. The number of nitro groups is 1. The summed E-state index contributed by atoms with van der Waals surface area (Å²) < 4.78 is 5.78. The Hall–Kier alpha value is -1.60. The van der Waals surface area contributed by atoms with Crippen LogP contribution in [-0.2, 0) is 6.42 Å². The molecule has 8 heteroatoms. The van der Waals surface area contributed by atoms with E-state index in [0.29, 0.717) is 18.1 Å². The normalized spacial score (nSPS) is 19.4. The Balaban J connectivity index is 0.00000161. The zero-order valence-electron chi connectivity index (χ0n) is 12.1. The van der Waals surface area contributed by atoms with Crippen LogP contribution in [0.2, 0.25) is 0 Å². The van der Waals surface area contributed by atoms with Gasteiger partial charge in [0.1, 0.15) is 5.60 Å². The van der Waals surface area contributed by atoms with E-state index in [-0.39, 0.29) is 28.6 Å². The number of ether oxygens (including phenoxy) is 1. The summed E-state index contributed by atoms with van der Waals surface area (Å²) in [7, 11) is 0. The maximum absolute atomic E-state index is 11.3. The maximum atomic E-state index is 11.3. The second-order valence-corrected chi connectivity index (χ2v) is 5.83. The highest BCUT2D eigenvalue weighted by Crippen LogP contribution is 2.39. The number of fused-ring (bicyclic) bond motifs is 1. The number of nitrogens with one attached hydrogen (secondary N) is 1. The molecular weight excluding hydrogens is 296 g/mol. The molecule has 0 saturated carbocycles. The summed E-state index contributed by atoms with van der Waals surface area (Å²) in [5.41, 5.74) is 0.554. The molecule has 2 aliphatic rings. The van der Waals surface area contributed by atoms with Crippen LogP contribution >= 0.6 is 12.4 Å². The molecule has 0 atom stereocenters. The lowest BCUT2D eigenvalue weighted by Crippen LogP contribution is -2.44. The van der Waals surface area contributed by atoms with Gasteiger partial charge in [0.05, 0.1) is 4.92 Å². The number of rotatable bonds is 2. The quantitative estimate of drug-likeness (QED) is 0.659. The molecule has 1 aromatic rings. The predicted octanol–water partition coefficient (Wildman–Crippen LogP) is 1.53. The van der Waals surface area contributed by atoms with E-state index in [1.54, 1.807) is 6.07 Å². The summed E-state index contributed by atoms with van der Waals surface area (Å²) in [5, 5.41) is 14.5. The number of anilines is 1. The van der Waals surface area contributed by atoms with Gasteiger partial charge in [-0.2, -0.15) is 4.98 Å². The predicted molar refractivity (Wildman–Crippen MR) is 81.6 cm³/mol. The molecule has 3 rings (SSSR count). The third-order valence-corrected chi connectivity index (χ3v) is 3.62. The van der Waals surface area contributed by atoms with E-state index in [9.17, 15) is 10.1 Å². The van der Waals surface area contributed by atoms with Crippen molar-refractivity contribution in [1.82, 2.24) is 10.3 Å². The number of piperazine rings is 1. The maximum Gasteiger partial charge on any atom is 0.312 e. The summed E-state index contributed by atoms with van der Waals surface area (Å²) in [6.07, 6.45) is 0.651. The van der Waals surface area contributed by atoms with Crippen LogP contribution in [0.3, 0.4) is 0 Å². The first-order chi connectivity index (χ1) is 9.46. The molecule has 1 saturated heterocycles. The van der Waals surface area contributed by atoms with Gasteiger partial charge in [0, 0.05) is 44.2 Å². The van der Waals surface area contributed by atoms with E-state index in [1.807, 2.05) is 18.7 Å². The van der Waals surface area contributed by atoms with E-state index in [4.69, 9.17) is 4.74 Å². The first-order valence-corrected chi connectivity index (χ1v) is 6.79. The van der Waals surface area contributed by atoms with Gasteiger partial charge in [-0.3, -0.25) is 10.1 Å². The second kappa shape index (κ2) is 5.65. The first kappa shape index (κ1) is 15.8. The summed E-state index contributed by atoms with van der Waals surface area (Å²) in [6, 6.07) is 1.62. The molecule has 116 valence electrons. The van der Waals surface area contributed by atoms with Gasteiger partial charge in [0.25, 0.3) is 0 Å². The van der Waals surface area contributed by atoms with Gasteiger partial charge in [0.15, 0.2) is 0 Å². The molecule has 1 N–H and O–H groups in total. The smallest absolute Gasteiger partial charge is 0.312 e. The molecule has 0 aromatic carbocycles. The molecule has 3 heterocycles. The second-order valence-electron chi connectivity index (χ2n) is 5.83. The molecule has 0 aliphatic carbocycles. The van der Waals surface area contributed by atoms with E-state index < -0.39 is 0 Å². The highest BCUT2D eigenvalue weighted by Gasteiger charge is 2.35. The molecule has 0 radical (unpaired) electrons. The van der Waals surface area contributed by atoms with Crippen molar-refractivity contribution in [1.29, 1.82) is 0 Å². The fourth-order valence-electron chi connectivity index (χ4n) is 2.73. The van der Waals surface area contributed by atoms with Crippen LogP contribution in [-0.4, -0.2) is 41.7 Å². The average molecular weight is 315 g/mol. The number of pyridine rings is 1. The molecule has 0 spiro atoms. The minimum absolute atomic E-state index is 0. The molecule has 2 aliphatic heterocycles. The number of nitrogens with zero attached hydrogens (tertiary/aromatic N) is 3. The van der Waals surface area contributed by atoms with Gasteiger partial charge in [-0.1, -0.05) is 0 Å². The molecule has 0 unspecified atom stereocenters. The molecule has 7 nitrogen and oxygen atoms in total.